The smallest absolute Gasteiger partial charge is 0.000724 e. The highest BCUT2D eigenvalue weighted by Gasteiger charge is 2.21. The molecular weight excluding hydrogens is 220 g/mol. The highest BCUT2D eigenvalue weighted by atomic mass is 15.1. The topological polar surface area (TPSA) is 29.3 Å². The largest absolute Gasteiger partial charge is 0.330 e. The van der Waals surface area contributed by atoms with Crippen molar-refractivity contribution in [3.8, 4) is 0 Å². The van der Waals surface area contributed by atoms with Crippen molar-refractivity contribution in [3.63, 3.8) is 0 Å². The molecule has 1 aliphatic rings. The molecule has 2 nitrogen and oxygen atoms in total. The molecule has 0 aliphatic carbocycles. The van der Waals surface area contributed by atoms with Crippen LogP contribution in [0, 0.1) is 17.8 Å². The van der Waals surface area contributed by atoms with Crippen molar-refractivity contribution < 1.29 is 0 Å². The van der Waals surface area contributed by atoms with Crippen LogP contribution in [0.4, 0.5) is 0 Å². The molecule has 108 valence electrons. The molecule has 0 aromatic rings. The van der Waals surface area contributed by atoms with Crippen LogP contribution in [0.1, 0.15) is 59.3 Å². The second-order valence-electron chi connectivity index (χ2n) is 6.58. The van der Waals surface area contributed by atoms with Crippen molar-refractivity contribution in [1.82, 2.24) is 4.90 Å². The van der Waals surface area contributed by atoms with Gasteiger partial charge in [0.15, 0.2) is 0 Å². The van der Waals surface area contributed by atoms with Gasteiger partial charge in [0, 0.05) is 13.1 Å². The molecule has 1 saturated heterocycles. The van der Waals surface area contributed by atoms with E-state index in [1.165, 1.54) is 58.2 Å². The summed E-state index contributed by atoms with van der Waals surface area (Å²) in [5, 5.41) is 0. The summed E-state index contributed by atoms with van der Waals surface area (Å²) in [5.41, 5.74) is 5.70. The van der Waals surface area contributed by atoms with Gasteiger partial charge in [0.05, 0.1) is 0 Å². The number of hydrogen-bond acceptors (Lipinski definition) is 2. The Hall–Kier alpha value is -0.0800. The van der Waals surface area contributed by atoms with Crippen LogP contribution in [0.5, 0.6) is 0 Å². The highest BCUT2D eigenvalue weighted by Crippen LogP contribution is 2.22. The van der Waals surface area contributed by atoms with Gasteiger partial charge in [-0.2, -0.15) is 0 Å². The molecular formula is C16H34N2. The lowest BCUT2D eigenvalue weighted by atomic mass is 9.91. The molecule has 2 heteroatoms. The Morgan fingerprint density at radius 3 is 2.33 bits per heavy atom. The first-order chi connectivity index (χ1) is 8.65. The monoisotopic (exact) mass is 254 g/mol. The van der Waals surface area contributed by atoms with E-state index in [1.54, 1.807) is 0 Å². The molecule has 0 amide bonds. The van der Waals surface area contributed by atoms with E-state index in [-0.39, 0.29) is 0 Å². The maximum Gasteiger partial charge on any atom is 0.000724 e. The molecule has 0 saturated carbocycles. The summed E-state index contributed by atoms with van der Waals surface area (Å²) in [6.07, 6.45) is 8.06. The molecule has 0 aromatic carbocycles. The molecule has 3 atom stereocenters. The minimum atomic E-state index is 0.864. The fourth-order valence-electron chi connectivity index (χ4n) is 3.66. The number of nitrogens with two attached hydrogens (primary N) is 1. The van der Waals surface area contributed by atoms with Crippen LogP contribution >= 0.6 is 0 Å². The maximum atomic E-state index is 5.70. The molecule has 3 unspecified atom stereocenters. The third-order valence-electron chi connectivity index (χ3n) is 4.30. The fourth-order valence-corrected chi connectivity index (χ4v) is 3.66. The second-order valence-corrected chi connectivity index (χ2v) is 6.58. The van der Waals surface area contributed by atoms with Crippen LogP contribution in [-0.4, -0.2) is 31.1 Å². The second kappa shape index (κ2) is 8.92. The van der Waals surface area contributed by atoms with E-state index in [1.807, 2.05) is 0 Å². The summed E-state index contributed by atoms with van der Waals surface area (Å²) in [5.74, 6) is 2.66. The minimum Gasteiger partial charge on any atom is -0.330 e. The van der Waals surface area contributed by atoms with Crippen LogP contribution in [0.25, 0.3) is 0 Å². The van der Waals surface area contributed by atoms with Crippen molar-refractivity contribution >= 4 is 0 Å². The van der Waals surface area contributed by atoms with Crippen LogP contribution in [0.2, 0.25) is 0 Å². The van der Waals surface area contributed by atoms with Crippen molar-refractivity contribution in [2.75, 3.05) is 26.2 Å². The molecule has 18 heavy (non-hydrogen) atoms. The van der Waals surface area contributed by atoms with Gasteiger partial charge in [0.1, 0.15) is 0 Å². The van der Waals surface area contributed by atoms with E-state index in [2.05, 4.69) is 25.7 Å². The van der Waals surface area contributed by atoms with Crippen LogP contribution in [0.3, 0.4) is 0 Å². The number of nitrogens with zero attached hydrogens (tertiary/aromatic N) is 1. The molecule has 0 spiro atoms. The van der Waals surface area contributed by atoms with Gasteiger partial charge in [0.2, 0.25) is 0 Å². The first-order valence-corrected chi connectivity index (χ1v) is 8.08. The van der Waals surface area contributed by atoms with E-state index in [9.17, 15) is 0 Å². The average Bonchev–Trinajstić information content (AvgIpc) is 2.28. The van der Waals surface area contributed by atoms with Gasteiger partial charge >= 0.3 is 0 Å². The van der Waals surface area contributed by atoms with Crippen LogP contribution in [0.15, 0.2) is 0 Å². The Morgan fingerprint density at radius 1 is 1.11 bits per heavy atom. The van der Waals surface area contributed by atoms with Crippen molar-refractivity contribution in [2.45, 2.75) is 59.3 Å². The van der Waals surface area contributed by atoms with Gasteiger partial charge < -0.3 is 10.6 Å². The zero-order chi connectivity index (χ0) is 13.4. The summed E-state index contributed by atoms with van der Waals surface area (Å²) < 4.78 is 0. The van der Waals surface area contributed by atoms with E-state index < -0.39 is 0 Å². The Balaban J connectivity index is 2.18. The van der Waals surface area contributed by atoms with E-state index in [0.717, 1.165) is 24.3 Å². The highest BCUT2D eigenvalue weighted by molar-refractivity contribution is 4.74. The molecule has 1 fully saturated rings. The molecule has 0 radical (unpaired) electrons. The quantitative estimate of drug-likeness (QED) is 0.718. The lowest BCUT2D eigenvalue weighted by Crippen LogP contribution is -2.39. The normalized spacial score (nSPS) is 27.3. The van der Waals surface area contributed by atoms with Gasteiger partial charge in [-0.05, 0) is 56.5 Å². The number of rotatable bonds is 8. The lowest BCUT2D eigenvalue weighted by molar-refractivity contribution is 0.136. The Morgan fingerprint density at radius 2 is 1.78 bits per heavy atom. The van der Waals surface area contributed by atoms with E-state index >= 15 is 0 Å². The average molecular weight is 254 g/mol. The fraction of sp³-hybridized carbons (Fsp3) is 1.00. The summed E-state index contributed by atoms with van der Waals surface area (Å²) >= 11 is 0. The molecule has 2 N–H and O–H groups in total. The summed E-state index contributed by atoms with van der Waals surface area (Å²) in [6.45, 7) is 11.9. The predicted molar refractivity (Wildman–Crippen MR) is 80.7 cm³/mol. The first-order valence-electron chi connectivity index (χ1n) is 8.08. The van der Waals surface area contributed by atoms with E-state index in [0.29, 0.717) is 0 Å². The van der Waals surface area contributed by atoms with Crippen molar-refractivity contribution in [2.24, 2.45) is 23.5 Å². The third kappa shape index (κ3) is 6.19. The standard InChI is InChI=1S/C16H34N2/c1-4-6-16(8-9-17)7-5-10-18-12-14(2)11-15(3)13-18/h14-16H,4-13,17H2,1-3H3. The Labute approximate surface area is 114 Å². The molecule has 0 aromatic heterocycles. The summed E-state index contributed by atoms with van der Waals surface area (Å²) in [6, 6.07) is 0. The van der Waals surface area contributed by atoms with Gasteiger partial charge in [-0.15, -0.1) is 0 Å². The van der Waals surface area contributed by atoms with Crippen molar-refractivity contribution in [3.05, 3.63) is 0 Å². The van der Waals surface area contributed by atoms with Crippen LogP contribution in [-0.2, 0) is 0 Å². The number of hydrogen-bond donors (Lipinski definition) is 1. The zero-order valence-corrected chi connectivity index (χ0v) is 12.8. The molecule has 0 bridgehead atoms. The SMILES string of the molecule is CCCC(CCN)CCCN1CC(C)CC(C)C1. The maximum absolute atomic E-state index is 5.70. The number of likely N-dealkylation sites (tertiary alicyclic amines) is 1. The van der Waals surface area contributed by atoms with Gasteiger partial charge in [-0.25, -0.2) is 0 Å². The summed E-state index contributed by atoms with van der Waals surface area (Å²) in [7, 11) is 0. The Bertz CT molecular complexity index is 189. The predicted octanol–water partition coefficient (Wildman–Crippen LogP) is 3.51. The minimum absolute atomic E-state index is 0.864. The summed E-state index contributed by atoms with van der Waals surface area (Å²) in [4.78, 5) is 2.68. The molecule has 1 aliphatic heterocycles. The van der Waals surface area contributed by atoms with Gasteiger partial charge in [-0.3, -0.25) is 0 Å². The molecule has 1 rings (SSSR count). The van der Waals surface area contributed by atoms with Gasteiger partial charge in [0.25, 0.3) is 0 Å². The first kappa shape index (κ1) is 16.0. The van der Waals surface area contributed by atoms with Crippen molar-refractivity contribution in [1.29, 1.82) is 0 Å². The third-order valence-corrected chi connectivity index (χ3v) is 4.30. The van der Waals surface area contributed by atoms with Crippen LogP contribution < -0.4 is 5.73 Å². The lowest BCUT2D eigenvalue weighted by Gasteiger charge is -2.35. The van der Waals surface area contributed by atoms with E-state index in [4.69, 9.17) is 5.73 Å². The molecule has 1 heterocycles. The Kier molecular flexibility index (Phi) is 7.92. The number of piperidine rings is 1. The van der Waals surface area contributed by atoms with Gasteiger partial charge in [-0.1, -0.05) is 33.6 Å². The zero-order valence-electron chi connectivity index (χ0n) is 12.8.